The summed E-state index contributed by atoms with van der Waals surface area (Å²) in [6.07, 6.45) is -8.68. The van der Waals surface area contributed by atoms with Crippen LogP contribution in [0.25, 0.3) is 11.6 Å². The molecule has 3 aromatic rings. The van der Waals surface area contributed by atoms with Crippen molar-refractivity contribution in [3.05, 3.63) is 101 Å². The molecule has 3 aromatic carbocycles. The van der Waals surface area contributed by atoms with Gasteiger partial charge in [-0.25, -0.2) is 4.79 Å². The largest absolute Gasteiger partial charge is 0.423 e. The molecule has 0 saturated carbocycles. The van der Waals surface area contributed by atoms with E-state index < -0.39 is 35.0 Å². The predicted molar refractivity (Wildman–Crippen MR) is 108 cm³/mol. The van der Waals surface area contributed by atoms with E-state index in [9.17, 15) is 36.4 Å². The molecular formula is C24H13F6NO2. The Kier molecular flexibility index (Phi) is 6.58. The number of carbonyl (C=O) groups is 1. The number of nitrogens with zero attached hydrogens (tertiary/aromatic N) is 1. The maximum absolute atomic E-state index is 13.0. The third-order valence-corrected chi connectivity index (χ3v) is 4.41. The number of nitriles is 1. The lowest BCUT2D eigenvalue weighted by molar-refractivity contribution is -0.143. The molecule has 3 nitrogen and oxygen atoms in total. The van der Waals surface area contributed by atoms with Gasteiger partial charge < -0.3 is 4.74 Å². The summed E-state index contributed by atoms with van der Waals surface area (Å²) < 4.78 is 83.1. The summed E-state index contributed by atoms with van der Waals surface area (Å²) in [6.45, 7) is 0. The molecule has 0 amide bonds. The highest BCUT2D eigenvalue weighted by atomic mass is 19.4. The third-order valence-electron chi connectivity index (χ3n) is 4.41. The van der Waals surface area contributed by atoms with Gasteiger partial charge in [-0.2, -0.15) is 31.6 Å². The first kappa shape index (κ1) is 23.6. The minimum absolute atomic E-state index is 0.0742. The Bertz CT molecular complexity index is 1210. The fourth-order valence-corrected chi connectivity index (χ4v) is 2.87. The fraction of sp³-hybridized carbons (Fsp3) is 0.0833. The second-order valence-corrected chi connectivity index (χ2v) is 6.79. The molecule has 0 atom stereocenters. The van der Waals surface area contributed by atoms with E-state index >= 15 is 0 Å². The Labute approximate surface area is 184 Å². The third kappa shape index (κ3) is 6.01. The Balaban J connectivity index is 1.92. The van der Waals surface area contributed by atoms with Crippen LogP contribution >= 0.6 is 0 Å². The molecule has 168 valence electrons. The molecular weight excluding hydrogens is 448 g/mol. The topological polar surface area (TPSA) is 50.1 Å². The van der Waals surface area contributed by atoms with Gasteiger partial charge in [-0.05, 0) is 47.5 Å². The molecule has 9 heteroatoms. The lowest BCUT2D eigenvalue weighted by atomic mass is 10.0. The summed E-state index contributed by atoms with van der Waals surface area (Å²) in [5.74, 6) is -1.51. The summed E-state index contributed by atoms with van der Waals surface area (Å²) in [5.41, 5.74) is -2.79. The second kappa shape index (κ2) is 9.20. The van der Waals surface area contributed by atoms with Crippen LogP contribution in [0.3, 0.4) is 0 Å². The van der Waals surface area contributed by atoms with E-state index in [-0.39, 0.29) is 11.8 Å². The van der Waals surface area contributed by atoms with Crippen molar-refractivity contribution in [2.45, 2.75) is 12.4 Å². The first-order chi connectivity index (χ1) is 15.5. The zero-order valence-electron chi connectivity index (χ0n) is 16.5. The first-order valence-electron chi connectivity index (χ1n) is 9.26. The predicted octanol–water partition coefficient (Wildman–Crippen LogP) is 7.01. The van der Waals surface area contributed by atoms with E-state index in [1.807, 2.05) is 6.07 Å². The van der Waals surface area contributed by atoms with Crippen LogP contribution in [-0.2, 0) is 12.4 Å². The molecule has 0 aromatic heterocycles. The quantitative estimate of drug-likeness (QED) is 0.138. The van der Waals surface area contributed by atoms with Gasteiger partial charge in [0.05, 0.1) is 28.3 Å². The van der Waals surface area contributed by atoms with Gasteiger partial charge >= 0.3 is 18.3 Å². The highest BCUT2D eigenvalue weighted by Crippen LogP contribution is 2.36. The number of carbonyl (C=O) groups excluding carboxylic acids is 1. The Hall–Kier alpha value is -4.06. The summed E-state index contributed by atoms with van der Waals surface area (Å²) in [6, 6.07) is 16.9. The molecule has 0 spiro atoms. The standard InChI is InChI=1S/C24H13F6NO2/c25-23(26,27)19-11-17(12-20(13-19)24(28,29)30)22(32)33-21-8-4-5-15(10-21)9-18(14-31)16-6-2-1-3-7-16/h1-13H/b18-9-. The zero-order valence-corrected chi connectivity index (χ0v) is 16.5. The molecule has 0 heterocycles. The monoisotopic (exact) mass is 461 g/mol. The number of halogens is 6. The van der Waals surface area contributed by atoms with Gasteiger partial charge in [0, 0.05) is 0 Å². The van der Waals surface area contributed by atoms with Crippen molar-refractivity contribution in [2.24, 2.45) is 0 Å². The van der Waals surface area contributed by atoms with Gasteiger partial charge in [0.1, 0.15) is 5.75 Å². The van der Waals surface area contributed by atoms with E-state index in [1.54, 1.807) is 36.4 Å². The van der Waals surface area contributed by atoms with Gasteiger partial charge in [0.25, 0.3) is 0 Å². The molecule has 0 saturated heterocycles. The summed E-state index contributed by atoms with van der Waals surface area (Å²) >= 11 is 0. The van der Waals surface area contributed by atoms with Crippen LogP contribution in [0.4, 0.5) is 26.3 Å². The number of rotatable bonds is 4. The molecule has 0 unspecified atom stereocenters. The average Bonchev–Trinajstić information content (AvgIpc) is 2.77. The normalized spacial score (nSPS) is 12.2. The van der Waals surface area contributed by atoms with Crippen LogP contribution < -0.4 is 4.74 Å². The van der Waals surface area contributed by atoms with Crippen LogP contribution in [0.2, 0.25) is 0 Å². The van der Waals surface area contributed by atoms with Crippen LogP contribution in [0.15, 0.2) is 72.8 Å². The minimum atomic E-state index is -5.09. The fourth-order valence-electron chi connectivity index (χ4n) is 2.87. The van der Waals surface area contributed by atoms with E-state index in [0.717, 1.165) is 0 Å². The van der Waals surface area contributed by atoms with E-state index in [4.69, 9.17) is 4.74 Å². The van der Waals surface area contributed by atoms with E-state index in [0.29, 0.717) is 28.8 Å². The minimum Gasteiger partial charge on any atom is -0.423 e. The maximum atomic E-state index is 13.0. The van der Waals surface area contributed by atoms with Crippen molar-refractivity contribution in [3.63, 3.8) is 0 Å². The van der Waals surface area contributed by atoms with Gasteiger partial charge in [-0.15, -0.1) is 0 Å². The van der Waals surface area contributed by atoms with Crippen LogP contribution in [0.1, 0.15) is 32.6 Å². The second-order valence-electron chi connectivity index (χ2n) is 6.79. The summed E-state index contributed by atoms with van der Waals surface area (Å²) in [7, 11) is 0. The van der Waals surface area contributed by atoms with Crippen molar-refractivity contribution in [1.29, 1.82) is 5.26 Å². The number of hydrogen-bond acceptors (Lipinski definition) is 3. The van der Waals surface area contributed by atoms with Crippen molar-refractivity contribution < 1.29 is 35.9 Å². The van der Waals surface area contributed by atoms with Gasteiger partial charge in [0.15, 0.2) is 0 Å². The Morgan fingerprint density at radius 1 is 0.788 bits per heavy atom. The maximum Gasteiger partial charge on any atom is 0.416 e. The van der Waals surface area contributed by atoms with Gasteiger partial charge in [0.2, 0.25) is 0 Å². The van der Waals surface area contributed by atoms with Crippen molar-refractivity contribution in [1.82, 2.24) is 0 Å². The van der Waals surface area contributed by atoms with Crippen LogP contribution in [0, 0.1) is 11.3 Å². The molecule has 33 heavy (non-hydrogen) atoms. The Morgan fingerprint density at radius 2 is 1.39 bits per heavy atom. The van der Waals surface area contributed by atoms with Crippen molar-refractivity contribution in [3.8, 4) is 11.8 Å². The molecule has 0 aliphatic carbocycles. The molecule has 0 bridgehead atoms. The number of hydrogen-bond donors (Lipinski definition) is 0. The molecule has 0 radical (unpaired) electrons. The SMILES string of the molecule is N#C/C(=C/c1cccc(OC(=O)c2cc(C(F)(F)F)cc(C(F)(F)F)c2)c1)c1ccccc1. The van der Waals surface area contributed by atoms with E-state index in [2.05, 4.69) is 0 Å². The number of benzene rings is 3. The highest BCUT2D eigenvalue weighted by molar-refractivity contribution is 5.92. The summed E-state index contributed by atoms with van der Waals surface area (Å²) in [5, 5.41) is 9.40. The molecule has 0 aliphatic heterocycles. The highest BCUT2D eigenvalue weighted by Gasteiger charge is 2.37. The lowest BCUT2D eigenvalue weighted by Crippen LogP contribution is -2.15. The van der Waals surface area contributed by atoms with Crippen molar-refractivity contribution >= 4 is 17.6 Å². The smallest absolute Gasteiger partial charge is 0.416 e. The zero-order chi connectivity index (χ0) is 24.2. The summed E-state index contributed by atoms with van der Waals surface area (Å²) in [4.78, 5) is 12.4. The molecule has 0 aliphatic rings. The molecule has 0 fully saturated rings. The Morgan fingerprint density at radius 3 is 1.94 bits per heavy atom. The lowest BCUT2D eigenvalue weighted by Gasteiger charge is -2.14. The molecule has 0 N–H and O–H groups in total. The number of ether oxygens (including phenoxy) is 1. The van der Waals surface area contributed by atoms with E-state index in [1.165, 1.54) is 24.3 Å². The van der Waals surface area contributed by atoms with Gasteiger partial charge in [-0.1, -0.05) is 42.5 Å². The van der Waals surface area contributed by atoms with Gasteiger partial charge in [-0.3, -0.25) is 0 Å². The number of alkyl halides is 6. The number of allylic oxidation sites excluding steroid dienone is 1. The van der Waals surface area contributed by atoms with Crippen LogP contribution in [0.5, 0.6) is 5.75 Å². The average molecular weight is 461 g/mol. The number of esters is 1. The van der Waals surface area contributed by atoms with Crippen LogP contribution in [-0.4, -0.2) is 5.97 Å². The molecule has 3 rings (SSSR count). The first-order valence-corrected chi connectivity index (χ1v) is 9.26. The van der Waals surface area contributed by atoms with Crippen molar-refractivity contribution in [2.75, 3.05) is 0 Å².